The molecule has 2 heteroatoms. The highest BCUT2D eigenvalue weighted by molar-refractivity contribution is 6.17. The lowest BCUT2D eigenvalue weighted by Gasteiger charge is -2.13. The van der Waals surface area contributed by atoms with Crippen molar-refractivity contribution in [3.05, 3.63) is 101 Å². The van der Waals surface area contributed by atoms with Crippen LogP contribution in [0, 0.1) is 20.8 Å². The van der Waals surface area contributed by atoms with Crippen LogP contribution in [0.4, 0.5) is 0 Å². The van der Waals surface area contributed by atoms with Gasteiger partial charge in [-0.15, -0.1) is 0 Å². The zero-order chi connectivity index (χ0) is 19.0. The molecule has 3 aromatic carbocycles. The van der Waals surface area contributed by atoms with Gasteiger partial charge in [0.25, 0.3) is 0 Å². The van der Waals surface area contributed by atoms with E-state index in [9.17, 15) is 4.79 Å². The van der Waals surface area contributed by atoms with Gasteiger partial charge in [0.1, 0.15) is 5.69 Å². The Labute approximate surface area is 159 Å². The summed E-state index contributed by atoms with van der Waals surface area (Å²) < 4.78 is 0. The Balaban J connectivity index is 1.93. The van der Waals surface area contributed by atoms with Crippen molar-refractivity contribution in [1.29, 1.82) is 0 Å². The van der Waals surface area contributed by atoms with Gasteiger partial charge in [-0.05, 0) is 42.8 Å². The summed E-state index contributed by atoms with van der Waals surface area (Å²) in [4.78, 5) is 18.0. The first-order valence-electron chi connectivity index (χ1n) is 9.12. The molecule has 0 saturated heterocycles. The summed E-state index contributed by atoms with van der Waals surface area (Å²) in [5, 5.41) is 1.94. The lowest BCUT2D eigenvalue weighted by Crippen LogP contribution is -2.09. The lowest BCUT2D eigenvalue weighted by atomic mass is 9.92. The number of aromatic nitrogens is 1. The second-order valence-corrected chi connectivity index (χ2v) is 7.03. The Bertz CT molecular complexity index is 1140. The van der Waals surface area contributed by atoms with Crippen molar-refractivity contribution in [2.24, 2.45) is 0 Å². The van der Waals surface area contributed by atoms with Crippen LogP contribution >= 0.6 is 0 Å². The van der Waals surface area contributed by atoms with Gasteiger partial charge >= 0.3 is 0 Å². The Kier molecular flexibility index (Phi) is 4.33. The predicted molar refractivity (Wildman–Crippen MR) is 111 cm³/mol. The molecule has 4 rings (SSSR count). The predicted octanol–water partition coefficient (Wildman–Crippen LogP) is 6.06. The van der Waals surface area contributed by atoms with Crippen molar-refractivity contribution in [2.75, 3.05) is 0 Å². The monoisotopic (exact) mass is 351 g/mol. The molecule has 0 bridgehead atoms. The quantitative estimate of drug-likeness (QED) is 0.420. The van der Waals surface area contributed by atoms with Crippen LogP contribution in [0.2, 0.25) is 0 Å². The molecule has 1 aromatic heterocycles. The Morgan fingerprint density at radius 1 is 0.778 bits per heavy atom. The minimum absolute atomic E-state index is 0.0131. The molecular formula is C25H21NO. The molecule has 0 N–H and O–H groups in total. The number of ketones is 1. The molecule has 0 atom stereocenters. The van der Waals surface area contributed by atoms with E-state index in [1.165, 1.54) is 5.56 Å². The lowest BCUT2D eigenvalue weighted by molar-refractivity contribution is 0.103. The largest absolute Gasteiger partial charge is 0.287 e. The van der Waals surface area contributed by atoms with Gasteiger partial charge in [0.2, 0.25) is 5.78 Å². The van der Waals surface area contributed by atoms with E-state index in [-0.39, 0.29) is 5.78 Å². The van der Waals surface area contributed by atoms with Gasteiger partial charge in [-0.2, -0.15) is 0 Å². The third-order valence-corrected chi connectivity index (χ3v) is 5.00. The number of fused-ring (bicyclic) bond motifs is 1. The van der Waals surface area contributed by atoms with Crippen molar-refractivity contribution in [3.63, 3.8) is 0 Å². The molecule has 0 aliphatic heterocycles. The van der Waals surface area contributed by atoms with Crippen LogP contribution in [0.15, 0.2) is 72.9 Å². The molecule has 4 aromatic rings. The number of hydrogen-bond acceptors (Lipinski definition) is 2. The highest BCUT2D eigenvalue weighted by Gasteiger charge is 2.20. The fraction of sp³-hybridized carbons (Fsp3) is 0.120. The molecule has 2 nitrogen and oxygen atoms in total. The van der Waals surface area contributed by atoms with E-state index in [1.54, 1.807) is 0 Å². The number of pyridine rings is 1. The normalized spacial score (nSPS) is 10.9. The number of benzene rings is 3. The topological polar surface area (TPSA) is 30.0 Å². The zero-order valence-corrected chi connectivity index (χ0v) is 15.8. The van der Waals surface area contributed by atoms with Crippen molar-refractivity contribution in [1.82, 2.24) is 4.98 Å². The Morgan fingerprint density at radius 2 is 1.37 bits per heavy atom. The summed E-state index contributed by atoms with van der Waals surface area (Å²) >= 11 is 0. The van der Waals surface area contributed by atoms with Crippen LogP contribution in [0.25, 0.3) is 21.9 Å². The highest BCUT2D eigenvalue weighted by Crippen LogP contribution is 2.31. The summed E-state index contributed by atoms with van der Waals surface area (Å²) in [7, 11) is 0. The van der Waals surface area contributed by atoms with Crippen molar-refractivity contribution in [2.45, 2.75) is 20.8 Å². The van der Waals surface area contributed by atoms with E-state index in [4.69, 9.17) is 0 Å². The van der Waals surface area contributed by atoms with E-state index in [2.05, 4.69) is 42.2 Å². The van der Waals surface area contributed by atoms with Gasteiger partial charge in [0, 0.05) is 22.7 Å². The SMILES string of the molecule is Cc1cc(C)c(C(=O)c2ncc(-c3ccccc3)c3ccccc23)c(C)c1. The van der Waals surface area contributed by atoms with Crippen LogP contribution < -0.4 is 0 Å². The summed E-state index contributed by atoms with van der Waals surface area (Å²) in [6.07, 6.45) is 1.82. The molecule has 0 amide bonds. The first kappa shape index (κ1) is 17.2. The Hall–Kier alpha value is -3.26. The minimum Gasteiger partial charge on any atom is -0.287 e. The van der Waals surface area contributed by atoms with Crippen molar-refractivity contribution >= 4 is 16.6 Å². The third-order valence-electron chi connectivity index (χ3n) is 5.00. The molecule has 0 aliphatic rings. The highest BCUT2D eigenvalue weighted by atomic mass is 16.1. The minimum atomic E-state index is -0.0131. The number of hydrogen-bond donors (Lipinski definition) is 0. The van der Waals surface area contributed by atoms with E-state index in [1.807, 2.05) is 56.4 Å². The zero-order valence-electron chi connectivity index (χ0n) is 15.8. The van der Waals surface area contributed by atoms with E-state index < -0.39 is 0 Å². The molecule has 0 aliphatic carbocycles. The standard InChI is InChI=1S/C25H21NO/c1-16-13-17(2)23(18(3)14-16)25(27)24-21-12-8-7-11-20(21)22(15-26-24)19-9-5-4-6-10-19/h4-15H,1-3H3. The fourth-order valence-corrected chi connectivity index (χ4v) is 3.88. The van der Waals surface area contributed by atoms with Gasteiger partial charge in [0.05, 0.1) is 0 Å². The van der Waals surface area contributed by atoms with E-state index >= 15 is 0 Å². The maximum Gasteiger partial charge on any atom is 0.212 e. The number of rotatable bonds is 3. The summed E-state index contributed by atoms with van der Waals surface area (Å²) in [6.45, 7) is 6.04. The Morgan fingerprint density at radius 3 is 2.04 bits per heavy atom. The maximum absolute atomic E-state index is 13.4. The average molecular weight is 351 g/mol. The first-order chi connectivity index (χ1) is 13.1. The summed E-state index contributed by atoms with van der Waals surface area (Å²) in [6, 6.07) is 22.3. The van der Waals surface area contributed by atoms with Gasteiger partial charge in [-0.1, -0.05) is 72.3 Å². The smallest absolute Gasteiger partial charge is 0.212 e. The van der Waals surface area contributed by atoms with Gasteiger partial charge < -0.3 is 0 Å². The summed E-state index contributed by atoms with van der Waals surface area (Å²) in [5.41, 5.74) is 6.57. The van der Waals surface area contributed by atoms with Gasteiger partial charge in [-0.3, -0.25) is 9.78 Å². The van der Waals surface area contributed by atoms with Crippen LogP contribution in [-0.4, -0.2) is 10.8 Å². The van der Waals surface area contributed by atoms with E-state index in [0.29, 0.717) is 5.69 Å². The maximum atomic E-state index is 13.4. The molecule has 0 saturated carbocycles. The van der Waals surface area contributed by atoms with Gasteiger partial charge in [0.15, 0.2) is 0 Å². The van der Waals surface area contributed by atoms with Crippen molar-refractivity contribution < 1.29 is 4.79 Å². The molecule has 27 heavy (non-hydrogen) atoms. The molecule has 1 heterocycles. The molecule has 132 valence electrons. The van der Waals surface area contributed by atoms with Crippen molar-refractivity contribution in [3.8, 4) is 11.1 Å². The molecule has 0 fully saturated rings. The van der Waals surface area contributed by atoms with Crippen LogP contribution in [0.1, 0.15) is 32.7 Å². The molecule has 0 radical (unpaired) electrons. The van der Waals surface area contributed by atoms with Gasteiger partial charge in [-0.25, -0.2) is 0 Å². The molecular weight excluding hydrogens is 330 g/mol. The van der Waals surface area contributed by atoms with Crippen LogP contribution in [0.5, 0.6) is 0 Å². The first-order valence-corrected chi connectivity index (χ1v) is 9.12. The second kappa shape index (κ2) is 6.81. The second-order valence-electron chi connectivity index (χ2n) is 7.03. The fourth-order valence-electron chi connectivity index (χ4n) is 3.88. The van der Waals surface area contributed by atoms with E-state index in [0.717, 1.165) is 38.6 Å². The van der Waals surface area contributed by atoms with Crippen LogP contribution in [-0.2, 0) is 0 Å². The number of nitrogens with zero attached hydrogens (tertiary/aromatic N) is 1. The average Bonchev–Trinajstić information content (AvgIpc) is 2.67. The number of carbonyl (C=O) groups excluding carboxylic acids is 1. The molecule has 0 spiro atoms. The number of aryl methyl sites for hydroxylation is 3. The molecule has 0 unspecified atom stereocenters. The van der Waals surface area contributed by atoms with Crippen LogP contribution in [0.3, 0.4) is 0 Å². The third kappa shape index (κ3) is 3.04. The number of carbonyl (C=O) groups is 1. The summed E-state index contributed by atoms with van der Waals surface area (Å²) in [5.74, 6) is -0.0131.